The molecule has 0 spiro atoms. The van der Waals surface area contributed by atoms with Gasteiger partial charge in [-0.2, -0.15) is 0 Å². The van der Waals surface area contributed by atoms with Crippen molar-refractivity contribution >= 4 is 17.7 Å². The van der Waals surface area contributed by atoms with Crippen LogP contribution in [0, 0.1) is 24.7 Å². The van der Waals surface area contributed by atoms with Crippen molar-refractivity contribution < 1.29 is 14.4 Å². The van der Waals surface area contributed by atoms with Crippen LogP contribution in [0.4, 0.5) is 0 Å². The minimum atomic E-state index is -0.372. The average molecular weight is 340 g/mol. The van der Waals surface area contributed by atoms with Gasteiger partial charge in [-0.25, -0.2) is 0 Å². The van der Waals surface area contributed by atoms with Crippen molar-refractivity contribution in [3.05, 3.63) is 34.9 Å². The highest BCUT2D eigenvalue weighted by Gasteiger charge is 2.42. The van der Waals surface area contributed by atoms with E-state index in [4.69, 9.17) is 0 Å². The molecule has 2 saturated carbocycles. The fourth-order valence-electron chi connectivity index (χ4n) is 5.00. The Bertz CT molecular complexity index is 757. The van der Waals surface area contributed by atoms with E-state index < -0.39 is 0 Å². The van der Waals surface area contributed by atoms with E-state index >= 15 is 0 Å². The van der Waals surface area contributed by atoms with Gasteiger partial charge in [0.1, 0.15) is 6.54 Å². The molecule has 3 amide bonds. The summed E-state index contributed by atoms with van der Waals surface area (Å²) in [7, 11) is 0. The van der Waals surface area contributed by atoms with E-state index in [-0.39, 0.29) is 30.3 Å². The Morgan fingerprint density at radius 1 is 1.20 bits per heavy atom. The fraction of sp³-hybridized carbons (Fsp3) is 0.550. The number of rotatable bonds is 4. The first kappa shape index (κ1) is 16.3. The van der Waals surface area contributed by atoms with Crippen LogP contribution in [0.5, 0.6) is 0 Å². The summed E-state index contributed by atoms with van der Waals surface area (Å²) in [6, 6.07) is 5.29. The molecule has 1 aromatic rings. The van der Waals surface area contributed by atoms with Crippen LogP contribution in [-0.2, 0) is 4.79 Å². The quantitative estimate of drug-likeness (QED) is 0.857. The zero-order valence-electron chi connectivity index (χ0n) is 14.7. The second-order valence-corrected chi connectivity index (χ2v) is 7.94. The van der Waals surface area contributed by atoms with Gasteiger partial charge in [-0.05, 0) is 63.0 Å². The van der Waals surface area contributed by atoms with E-state index in [1.165, 1.54) is 25.7 Å². The number of fused-ring (bicyclic) bond motifs is 3. The molecule has 0 saturated heterocycles. The molecular weight excluding hydrogens is 316 g/mol. The Kier molecular flexibility index (Phi) is 3.89. The normalized spacial score (nSPS) is 28.4. The van der Waals surface area contributed by atoms with Crippen LogP contribution < -0.4 is 5.32 Å². The Balaban J connectivity index is 1.40. The number of nitrogens with zero attached hydrogens (tertiary/aromatic N) is 1. The third-order valence-corrected chi connectivity index (χ3v) is 6.25. The summed E-state index contributed by atoms with van der Waals surface area (Å²) in [5, 5.41) is 3.03. The summed E-state index contributed by atoms with van der Waals surface area (Å²) in [6.45, 7) is 3.73. The minimum Gasteiger partial charge on any atom is -0.352 e. The highest BCUT2D eigenvalue weighted by Crippen LogP contribution is 2.49. The molecule has 1 aliphatic heterocycles. The third kappa shape index (κ3) is 2.75. The maximum Gasteiger partial charge on any atom is 0.262 e. The second-order valence-electron chi connectivity index (χ2n) is 7.94. The Hall–Kier alpha value is -2.17. The van der Waals surface area contributed by atoms with E-state index in [0.717, 1.165) is 22.3 Å². The lowest BCUT2D eigenvalue weighted by Gasteiger charge is -2.29. The monoisotopic (exact) mass is 340 g/mol. The van der Waals surface area contributed by atoms with Crippen LogP contribution in [0.1, 0.15) is 58.9 Å². The average Bonchev–Trinajstić information content (AvgIpc) is 3.26. The molecule has 1 N–H and O–H groups in total. The van der Waals surface area contributed by atoms with Crippen molar-refractivity contribution in [3.8, 4) is 0 Å². The molecule has 4 unspecified atom stereocenters. The lowest BCUT2D eigenvalue weighted by atomic mass is 9.84. The molecule has 0 aromatic heterocycles. The van der Waals surface area contributed by atoms with E-state index in [1.54, 1.807) is 12.1 Å². The molecular formula is C20H24N2O3. The molecule has 4 atom stereocenters. The number of hydrogen-bond acceptors (Lipinski definition) is 3. The van der Waals surface area contributed by atoms with Gasteiger partial charge in [-0.15, -0.1) is 0 Å². The molecule has 5 heteroatoms. The topological polar surface area (TPSA) is 66.5 Å². The zero-order valence-corrected chi connectivity index (χ0v) is 14.7. The van der Waals surface area contributed by atoms with Crippen molar-refractivity contribution in [2.24, 2.45) is 17.8 Å². The summed E-state index contributed by atoms with van der Waals surface area (Å²) in [4.78, 5) is 38.4. The largest absolute Gasteiger partial charge is 0.352 e. The Morgan fingerprint density at radius 3 is 2.64 bits per heavy atom. The van der Waals surface area contributed by atoms with E-state index in [9.17, 15) is 14.4 Å². The molecule has 4 rings (SSSR count). The third-order valence-electron chi connectivity index (χ3n) is 6.25. The lowest BCUT2D eigenvalue weighted by Crippen LogP contribution is -2.46. The zero-order chi connectivity index (χ0) is 17.7. The van der Waals surface area contributed by atoms with Crippen molar-refractivity contribution in [2.75, 3.05) is 6.54 Å². The molecule has 2 aliphatic carbocycles. The maximum absolute atomic E-state index is 12.5. The van der Waals surface area contributed by atoms with Gasteiger partial charge in [-0.1, -0.05) is 18.1 Å². The highest BCUT2D eigenvalue weighted by atomic mass is 16.2. The number of carbonyl (C=O) groups is 3. The molecule has 0 radical (unpaired) electrons. The van der Waals surface area contributed by atoms with Gasteiger partial charge in [-0.3, -0.25) is 19.3 Å². The van der Waals surface area contributed by atoms with Crippen LogP contribution in [0.3, 0.4) is 0 Å². The fourth-order valence-corrected chi connectivity index (χ4v) is 5.00. The lowest BCUT2D eigenvalue weighted by molar-refractivity contribution is -0.122. The summed E-state index contributed by atoms with van der Waals surface area (Å²) < 4.78 is 0. The number of carbonyl (C=O) groups excluding carboxylic acids is 3. The number of benzene rings is 1. The molecule has 3 aliphatic rings. The SMILES string of the molecule is Cc1ccc2c(c1)C(=O)N(CC(=O)NC(C)C1CC3CCC1C3)C2=O. The summed E-state index contributed by atoms with van der Waals surface area (Å²) >= 11 is 0. The number of amides is 3. The van der Waals surface area contributed by atoms with Crippen LogP contribution in [0.15, 0.2) is 18.2 Å². The van der Waals surface area contributed by atoms with Gasteiger partial charge in [0.15, 0.2) is 0 Å². The minimum absolute atomic E-state index is 0.0974. The molecule has 5 nitrogen and oxygen atoms in total. The molecule has 1 heterocycles. The van der Waals surface area contributed by atoms with Crippen molar-refractivity contribution in [2.45, 2.75) is 45.6 Å². The first-order chi connectivity index (χ1) is 11.9. The van der Waals surface area contributed by atoms with Crippen LogP contribution in [0.2, 0.25) is 0 Å². The predicted octanol–water partition coefficient (Wildman–Crippen LogP) is 2.53. The van der Waals surface area contributed by atoms with Gasteiger partial charge in [0, 0.05) is 6.04 Å². The van der Waals surface area contributed by atoms with Crippen molar-refractivity contribution in [1.29, 1.82) is 0 Å². The number of imide groups is 1. The standard InChI is InChI=1S/C20H24N2O3/c1-11-3-6-15-17(7-11)20(25)22(19(15)24)10-18(23)21-12(2)16-9-13-4-5-14(16)8-13/h3,6-7,12-14,16H,4-5,8-10H2,1-2H3,(H,21,23). The number of hydrogen-bond donors (Lipinski definition) is 1. The Labute approximate surface area is 147 Å². The first-order valence-corrected chi connectivity index (χ1v) is 9.20. The summed E-state index contributed by atoms with van der Waals surface area (Å²) in [5.74, 6) is 1.10. The van der Waals surface area contributed by atoms with Crippen molar-refractivity contribution in [1.82, 2.24) is 10.2 Å². The number of aryl methyl sites for hydroxylation is 1. The van der Waals surface area contributed by atoms with Gasteiger partial charge in [0.05, 0.1) is 11.1 Å². The molecule has 25 heavy (non-hydrogen) atoms. The molecule has 2 fully saturated rings. The van der Waals surface area contributed by atoms with Crippen molar-refractivity contribution in [3.63, 3.8) is 0 Å². The van der Waals surface area contributed by atoms with Gasteiger partial charge >= 0.3 is 0 Å². The van der Waals surface area contributed by atoms with E-state index in [2.05, 4.69) is 12.2 Å². The van der Waals surface area contributed by atoms with E-state index in [1.807, 2.05) is 13.0 Å². The summed E-state index contributed by atoms with van der Waals surface area (Å²) in [5.41, 5.74) is 1.72. The van der Waals surface area contributed by atoms with Gasteiger partial charge < -0.3 is 5.32 Å². The van der Waals surface area contributed by atoms with E-state index in [0.29, 0.717) is 17.0 Å². The van der Waals surface area contributed by atoms with Gasteiger partial charge in [0.25, 0.3) is 11.8 Å². The van der Waals surface area contributed by atoms with Crippen LogP contribution in [0.25, 0.3) is 0 Å². The Morgan fingerprint density at radius 2 is 1.96 bits per heavy atom. The molecule has 2 bridgehead atoms. The van der Waals surface area contributed by atoms with Crippen LogP contribution in [-0.4, -0.2) is 35.2 Å². The highest BCUT2D eigenvalue weighted by molar-refractivity contribution is 6.22. The summed E-state index contributed by atoms with van der Waals surface area (Å²) in [6.07, 6.45) is 5.09. The first-order valence-electron chi connectivity index (χ1n) is 9.20. The molecule has 132 valence electrons. The van der Waals surface area contributed by atoms with Crippen LogP contribution >= 0.6 is 0 Å². The smallest absolute Gasteiger partial charge is 0.262 e. The number of nitrogens with one attached hydrogen (secondary N) is 1. The molecule has 1 aromatic carbocycles. The second kappa shape index (κ2) is 5.97. The van der Waals surface area contributed by atoms with Gasteiger partial charge in [0.2, 0.25) is 5.91 Å². The maximum atomic E-state index is 12.5. The predicted molar refractivity (Wildman–Crippen MR) is 93.1 cm³/mol.